The van der Waals surface area contributed by atoms with E-state index in [1.165, 1.54) is 0 Å². The van der Waals surface area contributed by atoms with Gasteiger partial charge in [0.25, 0.3) is 5.91 Å². The molecule has 0 bridgehead atoms. The van der Waals surface area contributed by atoms with Crippen LogP contribution in [0.3, 0.4) is 0 Å². The van der Waals surface area contributed by atoms with Crippen molar-refractivity contribution in [3.05, 3.63) is 59.9 Å². The highest BCUT2D eigenvalue weighted by molar-refractivity contribution is 6.11. The summed E-state index contributed by atoms with van der Waals surface area (Å²) >= 11 is 0. The van der Waals surface area contributed by atoms with Gasteiger partial charge in [0.2, 0.25) is 5.91 Å². The topological polar surface area (TPSA) is 62.7 Å². The molecular weight excluding hydrogens is 318 g/mol. The van der Waals surface area contributed by atoms with E-state index in [4.69, 9.17) is 4.74 Å². The van der Waals surface area contributed by atoms with Crippen LogP contribution in [0.2, 0.25) is 0 Å². The summed E-state index contributed by atoms with van der Waals surface area (Å²) < 4.78 is 5.31. The molecule has 2 amide bonds. The Bertz CT molecular complexity index is 788. The summed E-state index contributed by atoms with van der Waals surface area (Å²) in [6.45, 7) is 2.32. The zero-order valence-corrected chi connectivity index (χ0v) is 13.8. The van der Waals surface area contributed by atoms with Crippen molar-refractivity contribution >= 4 is 17.5 Å². The first-order valence-electron chi connectivity index (χ1n) is 8.45. The number of anilines is 1. The second kappa shape index (κ2) is 6.64. The molecular formula is C19H19N3O3. The van der Waals surface area contributed by atoms with Crippen molar-refractivity contribution in [2.75, 3.05) is 31.2 Å². The number of ether oxygens (including phenoxy) is 1. The highest BCUT2D eigenvalue weighted by Gasteiger charge is 2.40. The Hall–Kier alpha value is -2.73. The molecule has 25 heavy (non-hydrogen) atoms. The molecule has 1 fully saturated rings. The quantitative estimate of drug-likeness (QED) is 0.860. The largest absolute Gasteiger partial charge is 0.378 e. The lowest BCUT2D eigenvalue weighted by Gasteiger charge is -2.30. The van der Waals surface area contributed by atoms with Gasteiger partial charge in [-0.25, -0.2) is 0 Å². The second-order valence-electron chi connectivity index (χ2n) is 6.16. The van der Waals surface area contributed by atoms with Gasteiger partial charge in [-0.15, -0.1) is 0 Å². The van der Waals surface area contributed by atoms with E-state index in [2.05, 4.69) is 4.98 Å². The Morgan fingerprint density at radius 2 is 1.88 bits per heavy atom. The number of carbonyl (C=O) groups is 2. The molecule has 1 aromatic heterocycles. The maximum absolute atomic E-state index is 12.9. The number of pyridine rings is 1. The highest BCUT2D eigenvalue weighted by atomic mass is 16.5. The molecule has 4 rings (SSSR count). The predicted octanol–water partition coefficient (Wildman–Crippen LogP) is 2.03. The SMILES string of the molecule is O=C(C[C@@H]1c2ncccc2C(=O)N1c1ccccc1)N1CCOCC1. The van der Waals surface area contributed by atoms with Crippen LogP contribution < -0.4 is 4.90 Å². The van der Waals surface area contributed by atoms with Crippen LogP contribution in [0, 0.1) is 0 Å². The van der Waals surface area contributed by atoms with Crippen molar-refractivity contribution in [3.8, 4) is 0 Å². The van der Waals surface area contributed by atoms with Gasteiger partial charge in [0, 0.05) is 25.0 Å². The number of aromatic nitrogens is 1. The smallest absolute Gasteiger partial charge is 0.260 e. The Morgan fingerprint density at radius 1 is 1.12 bits per heavy atom. The van der Waals surface area contributed by atoms with Crippen LogP contribution >= 0.6 is 0 Å². The molecule has 128 valence electrons. The van der Waals surface area contributed by atoms with Crippen LogP contribution in [0.5, 0.6) is 0 Å². The number of nitrogens with zero attached hydrogens (tertiary/aromatic N) is 3. The Balaban J connectivity index is 1.66. The molecule has 0 unspecified atom stereocenters. The van der Waals surface area contributed by atoms with Crippen molar-refractivity contribution in [1.82, 2.24) is 9.88 Å². The first-order valence-corrected chi connectivity index (χ1v) is 8.45. The van der Waals surface area contributed by atoms with Gasteiger partial charge < -0.3 is 9.64 Å². The summed E-state index contributed by atoms with van der Waals surface area (Å²) in [7, 11) is 0. The third kappa shape index (κ3) is 2.89. The Labute approximate surface area is 146 Å². The lowest BCUT2D eigenvalue weighted by atomic mass is 10.1. The fourth-order valence-electron chi connectivity index (χ4n) is 3.44. The van der Waals surface area contributed by atoms with Gasteiger partial charge >= 0.3 is 0 Å². The van der Waals surface area contributed by atoms with Gasteiger partial charge in [0.1, 0.15) is 0 Å². The number of rotatable bonds is 3. The third-order valence-corrected chi connectivity index (χ3v) is 4.68. The number of hydrogen-bond acceptors (Lipinski definition) is 4. The van der Waals surface area contributed by atoms with Crippen molar-refractivity contribution < 1.29 is 14.3 Å². The van der Waals surface area contributed by atoms with Gasteiger partial charge in [-0.2, -0.15) is 0 Å². The van der Waals surface area contributed by atoms with E-state index in [0.717, 1.165) is 5.69 Å². The molecule has 6 nitrogen and oxygen atoms in total. The van der Waals surface area contributed by atoms with E-state index in [0.29, 0.717) is 37.6 Å². The fraction of sp³-hybridized carbons (Fsp3) is 0.316. The molecule has 1 saturated heterocycles. The summed E-state index contributed by atoms with van der Waals surface area (Å²) in [6.07, 6.45) is 1.90. The van der Waals surface area contributed by atoms with Gasteiger partial charge in [0.05, 0.1) is 36.9 Å². The van der Waals surface area contributed by atoms with Crippen molar-refractivity contribution in [1.29, 1.82) is 0 Å². The molecule has 0 saturated carbocycles. The lowest BCUT2D eigenvalue weighted by Crippen LogP contribution is -2.42. The van der Waals surface area contributed by atoms with Crippen molar-refractivity contribution in [2.24, 2.45) is 0 Å². The van der Waals surface area contributed by atoms with Crippen LogP contribution in [0.1, 0.15) is 28.5 Å². The summed E-state index contributed by atoms with van der Waals surface area (Å²) in [5.41, 5.74) is 2.04. The van der Waals surface area contributed by atoms with E-state index in [9.17, 15) is 9.59 Å². The monoisotopic (exact) mass is 337 g/mol. The Kier molecular flexibility index (Phi) is 4.19. The molecule has 3 heterocycles. The Morgan fingerprint density at radius 3 is 2.64 bits per heavy atom. The molecule has 1 atom stereocenters. The number of fused-ring (bicyclic) bond motifs is 1. The summed E-state index contributed by atoms with van der Waals surface area (Å²) in [4.78, 5) is 33.6. The minimum atomic E-state index is -0.374. The van der Waals surface area contributed by atoms with E-state index >= 15 is 0 Å². The van der Waals surface area contributed by atoms with E-state index in [1.54, 1.807) is 28.1 Å². The zero-order chi connectivity index (χ0) is 17.2. The van der Waals surface area contributed by atoms with E-state index in [-0.39, 0.29) is 24.3 Å². The highest BCUT2D eigenvalue weighted by Crippen LogP contribution is 2.38. The lowest BCUT2D eigenvalue weighted by molar-refractivity contribution is -0.135. The minimum absolute atomic E-state index is 0.0283. The first kappa shape index (κ1) is 15.8. The number of carbonyl (C=O) groups excluding carboxylic acids is 2. The summed E-state index contributed by atoms with van der Waals surface area (Å²) in [5, 5.41) is 0. The molecule has 2 aromatic rings. The average molecular weight is 337 g/mol. The molecule has 0 aliphatic carbocycles. The number of para-hydroxylation sites is 1. The summed E-state index contributed by atoms with van der Waals surface area (Å²) in [6, 6.07) is 12.6. The van der Waals surface area contributed by atoms with Gasteiger partial charge in [0.15, 0.2) is 0 Å². The van der Waals surface area contributed by atoms with Crippen LogP contribution in [0.25, 0.3) is 0 Å². The fourth-order valence-corrected chi connectivity index (χ4v) is 3.44. The average Bonchev–Trinajstić information content (AvgIpc) is 2.95. The van der Waals surface area contributed by atoms with Crippen molar-refractivity contribution in [2.45, 2.75) is 12.5 Å². The molecule has 2 aliphatic rings. The number of morpholine rings is 1. The van der Waals surface area contributed by atoms with E-state index < -0.39 is 0 Å². The molecule has 0 N–H and O–H groups in total. The normalized spacial score (nSPS) is 19.8. The van der Waals surface area contributed by atoms with E-state index in [1.807, 2.05) is 30.3 Å². The number of amides is 2. The number of hydrogen-bond donors (Lipinski definition) is 0. The van der Waals surface area contributed by atoms with Gasteiger partial charge in [-0.1, -0.05) is 18.2 Å². The molecule has 2 aliphatic heterocycles. The van der Waals surface area contributed by atoms with Crippen LogP contribution in [-0.4, -0.2) is 48.0 Å². The zero-order valence-electron chi connectivity index (χ0n) is 13.8. The maximum atomic E-state index is 12.9. The molecule has 0 spiro atoms. The first-order chi connectivity index (χ1) is 12.3. The van der Waals surface area contributed by atoms with Gasteiger partial charge in [-0.3, -0.25) is 19.5 Å². The molecule has 1 aromatic carbocycles. The van der Waals surface area contributed by atoms with Crippen LogP contribution in [0.15, 0.2) is 48.7 Å². The summed E-state index contributed by atoms with van der Waals surface area (Å²) in [5.74, 6) is -0.0744. The van der Waals surface area contributed by atoms with Crippen LogP contribution in [-0.2, 0) is 9.53 Å². The molecule has 6 heteroatoms. The standard InChI is InChI=1S/C19H19N3O3/c23-17(21-9-11-25-12-10-21)13-16-18-15(7-4-8-20-18)19(24)22(16)14-5-2-1-3-6-14/h1-8,16H,9-13H2/t16-/m1/s1. The third-order valence-electron chi connectivity index (χ3n) is 4.68. The molecule has 0 radical (unpaired) electrons. The van der Waals surface area contributed by atoms with Crippen molar-refractivity contribution in [3.63, 3.8) is 0 Å². The number of benzene rings is 1. The predicted molar refractivity (Wildman–Crippen MR) is 92.2 cm³/mol. The van der Waals surface area contributed by atoms with Crippen LogP contribution in [0.4, 0.5) is 5.69 Å². The minimum Gasteiger partial charge on any atom is -0.378 e. The van der Waals surface area contributed by atoms with Gasteiger partial charge in [-0.05, 0) is 24.3 Å². The maximum Gasteiger partial charge on any atom is 0.260 e. The second-order valence-corrected chi connectivity index (χ2v) is 6.16.